The van der Waals surface area contributed by atoms with Gasteiger partial charge in [0.15, 0.2) is 0 Å². The van der Waals surface area contributed by atoms with Crippen molar-refractivity contribution in [3.8, 4) is 0 Å². The fraction of sp³-hybridized carbons (Fsp3) is 0.278. The fourth-order valence-electron chi connectivity index (χ4n) is 2.35. The first-order chi connectivity index (χ1) is 11.8. The van der Waals surface area contributed by atoms with Gasteiger partial charge in [-0.25, -0.2) is 13.2 Å². The molecule has 134 valence electrons. The van der Waals surface area contributed by atoms with Crippen LogP contribution in [-0.4, -0.2) is 27.0 Å². The van der Waals surface area contributed by atoms with Gasteiger partial charge in [0.1, 0.15) is 0 Å². The zero-order valence-corrected chi connectivity index (χ0v) is 15.6. The van der Waals surface area contributed by atoms with Crippen LogP contribution >= 0.6 is 11.6 Å². The monoisotopic (exact) mass is 381 g/mol. The van der Waals surface area contributed by atoms with Gasteiger partial charge in [-0.2, -0.15) is 0 Å². The van der Waals surface area contributed by atoms with E-state index in [-0.39, 0.29) is 33.0 Å². The average molecular weight is 382 g/mol. The van der Waals surface area contributed by atoms with Gasteiger partial charge in [0.05, 0.1) is 27.0 Å². The van der Waals surface area contributed by atoms with Gasteiger partial charge in [-0.05, 0) is 56.2 Å². The Labute approximate surface area is 152 Å². The number of halogens is 1. The number of esters is 1. The predicted molar refractivity (Wildman–Crippen MR) is 96.7 cm³/mol. The van der Waals surface area contributed by atoms with Crippen LogP contribution in [0.3, 0.4) is 0 Å². The number of hydrogen-bond acceptors (Lipinski definition) is 5. The third kappa shape index (κ3) is 4.60. The fourth-order valence-corrected chi connectivity index (χ4v) is 3.96. The Bertz CT molecular complexity index is 861. The second-order valence-electron chi connectivity index (χ2n) is 5.69. The van der Waals surface area contributed by atoms with Crippen LogP contribution in [0.25, 0.3) is 0 Å². The molecule has 0 aromatic heterocycles. The maximum atomic E-state index is 12.7. The van der Waals surface area contributed by atoms with E-state index in [1.54, 1.807) is 31.2 Å². The lowest BCUT2D eigenvalue weighted by Crippen LogP contribution is -2.17. The van der Waals surface area contributed by atoms with E-state index in [1.165, 1.54) is 18.2 Å². The summed E-state index contributed by atoms with van der Waals surface area (Å²) in [6.45, 7) is 3.78. The molecule has 0 bridgehead atoms. The van der Waals surface area contributed by atoms with Gasteiger partial charge in [-0.15, -0.1) is 0 Å². The Morgan fingerprint density at radius 3 is 2.28 bits per heavy atom. The summed E-state index contributed by atoms with van der Waals surface area (Å²) in [5.41, 5.74) is 6.84. The van der Waals surface area contributed by atoms with Gasteiger partial charge in [-0.1, -0.05) is 23.7 Å². The quantitative estimate of drug-likeness (QED) is 0.776. The van der Waals surface area contributed by atoms with E-state index in [2.05, 4.69) is 0 Å². The second-order valence-corrected chi connectivity index (χ2v) is 8.05. The van der Waals surface area contributed by atoms with Gasteiger partial charge in [0.2, 0.25) is 9.84 Å². The third-order valence-corrected chi connectivity index (χ3v) is 5.62. The zero-order valence-electron chi connectivity index (χ0n) is 14.0. The van der Waals surface area contributed by atoms with Crippen molar-refractivity contribution in [3.63, 3.8) is 0 Å². The Balaban J connectivity index is 2.33. The number of benzene rings is 2. The highest BCUT2D eigenvalue weighted by molar-refractivity contribution is 7.91. The number of carbonyl (C=O) groups excluding carboxylic acids is 1. The van der Waals surface area contributed by atoms with Gasteiger partial charge in [0, 0.05) is 6.04 Å². The normalized spacial score (nSPS) is 12.6. The van der Waals surface area contributed by atoms with Crippen molar-refractivity contribution in [2.75, 3.05) is 6.61 Å². The molecule has 0 spiro atoms. The van der Waals surface area contributed by atoms with Gasteiger partial charge in [0.25, 0.3) is 0 Å². The molecule has 1 atom stereocenters. The first-order valence-corrected chi connectivity index (χ1v) is 9.68. The van der Waals surface area contributed by atoms with Crippen molar-refractivity contribution in [2.24, 2.45) is 5.73 Å². The summed E-state index contributed by atoms with van der Waals surface area (Å²) in [4.78, 5) is 11.9. The standard InChI is InChI=1S/C18H20ClNO4S/c1-3-24-18(21)16-9-8-15(11-17(16)19)25(22,23)14-6-4-13(5-7-14)10-12(2)20/h4-9,11-12H,3,10,20H2,1-2H3. The smallest absolute Gasteiger partial charge is 0.339 e. The SMILES string of the molecule is CCOC(=O)c1ccc(S(=O)(=O)c2ccc(CC(C)N)cc2)cc1Cl. The van der Waals surface area contributed by atoms with Gasteiger partial charge < -0.3 is 10.5 Å². The molecule has 2 aromatic carbocycles. The van der Waals surface area contributed by atoms with Crippen LogP contribution in [0.15, 0.2) is 52.3 Å². The number of nitrogens with two attached hydrogens (primary N) is 1. The Morgan fingerprint density at radius 2 is 1.76 bits per heavy atom. The van der Waals surface area contributed by atoms with E-state index in [0.717, 1.165) is 5.56 Å². The third-order valence-electron chi connectivity index (χ3n) is 3.54. The predicted octanol–water partition coefficient (Wildman–Crippen LogP) is 3.24. The lowest BCUT2D eigenvalue weighted by atomic mass is 10.1. The van der Waals surface area contributed by atoms with Crippen LogP contribution in [0, 0.1) is 0 Å². The summed E-state index contributed by atoms with van der Waals surface area (Å²) in [6.07, 6.45) is 0.667. The van der Waals surface area contributed by atoms with Crippen molar-refractivity contribution in [1.82, 2.24) is 0 Å². The lowest BCUT2D eigenvalue weighted by molar-refractivity contribution is 0.0526. The first kappa shape index (κ1) is 19.4. The summed E-state index contributed by atoms with van der Waals surface area (Å²) in [7, 11) is -3.73. The number of rotatable bonds is 6. The minimum absolute atomic E-state index is 0.00307. The summed E-state index contributed by atoms with van der Waals surface area (Å²) >= 11 is 6.06. The number of ether oxygens (including phenoxy) is 1. The summed E-state index contributed by atoms with van der Waals surface area (Å²) in [6, 6.07) is 10.5. The molecule has 0 radical (unpaired) electrons. The van der Waals surface area contributed by atoms with Crippen molar-refractivity contribution in [2.45, 2.75) is 36.1 Å². The molecule has 1 unspecified atom stereocenters. The first-order valence-electron chi connectivity index (χ1n) is 7.82. The summed E-state index contributed by atoms with van der Waals surface area (Å²) in [5.74, 6) is -0.586. The number of sulfone groups is 1. The highest BCUT2D eigenvalue weighted by Crippen LogP contribution is 2.26. The maximum absolute atomic E-state index is 12.7. The molecule has 25 heavy (non-hydrogen) atoms. The molecule has 0 saturated carbocycles. The van der Waals surface area contributed by atoms with Crippen molar-refractivity contribution in [3.05, 3.63) is 58.6 Å². The molecule has 2 rings (SSSR count). The largest absolute Gasteiger partial charge is 0.462 e. The number of hydrogen-bond donors (Lipinski definition) is 1. The van der Waals surface area contributed by atoms with Gasteiger partial charge >= 0.3 is 5.97 Å². The lowest BCUT2D eigenvalue weighted by Gasteiger charge is -2.09. The molecule has 0 amide bonds. The molecule has 0 aliphatic carbocycles. The molecular weight excluding hydrogens is 362 g/mol. The molecule has 2 N–H and O–H groups in total. The topological polar surface area (TPSA) is 86.5 Å². The highest BCUT2D eigenvalue weighted by Gasteiger charge is 2.21. The van der Waals surface area contributed by atoms with Crippen LogP contribution in [0.4, 0.5) is 0 Å². The molecule has 0 heterocycles. The molecule has 7 heteroatoms. The summed E-state index contributed by atoms with van der Waals surface area (Å²) in [5, 5.41) is 0.0353. The van der Waals surface area contributed by atoms with Crippen LogP contribution in [0.2, 0.25) is 5.02 Å². The summed E-state index contributed by atoms with van der Waals surface area (Å²) < 4.78 is 30.3. The van der Waals surface area contributed by atoms with E-state index in [4.69, 9.17) is 22.1 Å². The zero-order chi connectivity index (χ0) is 18.6. The Morgan fingerprint density at radius 1 is 1.16 bits per heavy atom. The Hall–Kier alpha value is -1.89. The van der Waals surface area contributed by atoms with Crippen molar-refractivity contribution >= 4 is 27.4 Å². The van der Waals surface area contributed by atoms with Crippen molar-refractivity contribution < 1.29 is 17.9 Å². The number of carbonyl (C=O) groups is 1. The molecule has 0 fully saturated rings. The van der Waals surface area contributed by atoms with Crippen LogP contribution in [0.5, 0.6) is 0 Å². The molecule has 0 aliphatic rings. The molecule has 0 aliphatic heterocycles. The van der Waals surface area contributed by atoms with E-state index in [9.17, 15) is 13.2 Å². The minimum atomic E-state index is -3.73. The van der Waals surface area contributed by atoms with E-state index in [1.807, 2.05) is 6.92 Å². The minimum Gasteiger partial charge on any atom is -0.462 e. The van der Waals surface area contributed by atoms with E-state index >= 15 is 0 Å². The van der Waals surface area contributed by atoms with Crippen molar-refractivity contribution in [1.29, 1.82) is 0 Å². The molecular formula is C18H20ClNO4S. The maximum Gasteiger partial charge on any atom is 0.339 e. The molecule has 5 nitrogen and oxygen atoms in total. The molecule has 0 saturated heterocycles. The molecule has 2 aromatic rings. The van der Waals surface area contributed by atoms with Crippen LogP contribution in [0.1, 0.15) is 29.8 Å². The second kappa shape index (κ2) is 7.99. The highest BCUT2D eigenvalue weighted by atomic mass is 35.5. The van der Waals surface area contributed by atoms with Crippen LogP contribution < -0.4 is 5.73 Å². The Kier molecular flexibility index (Phi) is 6.21. The van der Waals surface area contributed by atoms with E-state index < -0.39 is 15.8 Å². The average Bonchev–Trinajstić information content (AvgIpc) is 2.54. The van der Waals surface area contributed by atoms with Gasteiger partial charge in [-0.3, -0.25) is 0 Å². The van der Waals surface area contributed by atoms with Crippen LogP contribution in [-0.2, 0) is 21.0 Å². The van der Waals surface area contributed by atoms with E-state index in [0.29, 0.717) is 6.42 Å².